The Morgan fingerprint density at radius 3 is 2.96 bits per heavy atom. The Morgan fingerprint density at radius 1 is 1.40 bits per heavy atom. The third-order valence-electron chi connectivity index (χ3n) is 4.49. The Bertz CT molecular complexity index is 571. The second-order valence-electron chi connectivity index (χ2n) is 6.70. The van der Waals surface area contributed by atoms with Gasteiger partial charge in [-0.25, -0.2) is 0 Å². The van der Waals surface area contributed by atoms with Gasteiger partial charge in [0.1, 0.15) is 12.4 Å². The van der Waals surface area contributed by atoms with E-state index >= 15 is 0 Å². The molecule has 1 aromatic rings. The molecular formula is C19H29N3O3. The Morgan fingerprint density at radius 2 is 2.24 bits per heavy atom. The van der Waals surface area contributed by atoms with E-state index in [0.29, 0.717) is 42.8 Å². The van der Waals surface area contributed by atoms with Crippen molar-refractivity contribution in [1.82, 2.24) is 10.6 Å². The number of carbonyl (C=O) groups excluding carboxylic acids is 2. The lowest BCUT2D eigenvalue weighted by Gasteiger charge is -2.28. The molecule has 1 aliphatic rings. The summed E-state index contributed by atoms with van der Waals surface area (Å²) in [7, 11) is 0. The van der Waals surface area contributed by atoms with Gasteiger partial charge in [0.25, 0.3) is 0 Å². The molecule has 1 aromatic carbocycles. The van der Waals surface area contributed by atoms with Crippen LogP contribution in [0.2, 0.25) is 0 Å². The highest BCUT2D eigenvalue weighted by molar-refractivity contribution is 5.88. The summed E-state index contributed by atoms with van der Waals surface area (Å²) in [5.41, 5.74) is 0.698. The van der Waals surface area contributed by atoms with Crippen molar-refractivity contribution >= 4 is 17.5 Å². The van der Waals surface area contributed by atoms with Crippen LogP contribution < -0.4 is 20.7 Å². The van der Waals surface area contributed by atoms with Crippen LogP contribution >= 0.6 is 0 Å². The molecule has 6 heteroatoms. The predicted octanol–water partition coefficient (Wildman–Crippen LogP) is 2.17. The fourth-order valence-electron chi connectivity index (χ4n) is 3.12. The van der Waals surface area contributed by atoms with E-state index in [1.165, 1.54) is 19.8 Å². The van der Waals surface area contributed by atoms with Gasteiger partial charge >= 0.3 is 0 Å². The number of piperidine rings is 1. The van der Waals surface area contributed by atoms with Crippen LogP contribution in [0.5, 0.6) is 5.75 Å². The molecule has 1 saturated heterocycles. The lowest BCUT2D eigenvalue weighted by atomic mass is 9.85. The zero-order valence-corrected chi connectivity index (χ0v) is 15.1. The summed E-state index contributed by atoms with van der Waals surface area (Å²) in [6.45, 7) is 6.60. The van der Waals surface area contributed by atoms with Gasteiger partial charge in [-0.3, -0.25) is 9.59 Å². The van der Waals surface area contributed by atoms with Gasteiger partial charge in [-0.1, -0.05) is 13.0 Å². The van der Waals surface area contributed by atoms with E-state index in [2.05, 4.69) is 22.9 Å². The molecule has 0 aliphatic carbocycles. The first kappa shape index (κ1) is 19.2. The second kappa shape index (κ2) is 10.0. The number of rotatable bonds is 8. The largest absolute Gasteiger partial charge is 0.492 e. The van der Waals surface area contributed by atoms with Crippen LogP contribution in [0.4, 0.5) is 5.69 Å². The Balaban J connectivity index is 1.65. The SMILES string of the molecule is CC(=O)Nc1cccc(OCCNC(=O)CC(C)C2CCCNC2)c1. The van der Waals surface area contributed by atoms with E-state index in [1.54, 1.807) is 12.1 Å². The fourth-order valence-corrected chi connectivity index (χ4v) is 3.12. The lowest BCUT2D eigenvalue weighted by molar-refractivity contribution is -0.122. The van der Waals surface area contributed by atoms with Crippen LogP contribution in [0, 0.1) is 11.8 Å². The molecule has 3 N–H and O–H groups in total. The number of nitrogens with one attached hydrogen (secondary N) is 3. The van der Waals surface area contributed by atoms with E-state index < -0.39 is 0 Å². The van der Waals surface area contributed by atoms with Gasteiger partial charge < -0.3 is 20.7 Å². The highest BCUT2D eigenvalue weighted by Crippen LogP contribution is 2.22. The predicted molar refractivity (Wildman–Crippen MR) is 98.6 cm³/mol. The smallest absolute Gasteiger partial charge is 0.221 e. The highest BCUT2D eigenvalue weighted by Gasteiger charge is 2.21. The first-order valence-electron chi connectivity index (χ1n) is 9.02. The van der Waals surface area contributed by atoms with E-state index in [0.717, 1.165) is 13.1 Å². The second-order valence-corrected chi connectivity index (χ2v) is 6.70. The summed E-state index contributed by atoms with van der Waals surface area (Å²) in [4.78, 5) is 23.1. The molecule has 25 heavy (non-hydrogen) atoms. The van der Waals surface area contributed by atoms with Crippen LogP contribution in [0.25, 0.3) is 0 Å². The minimum absolute atomic E-state index is 0.0775. The third-order valence-corrected chi connectivity index (χ3v) is 4.49. The van der Waals surface area contributed by atoms with E-state index in [4.69, 9.17) is 4.74 Å². The molecule has 1 aliphatic heterocycles. The molecule has 138 valence electrons. The lowest BCUT2D eigenvalue weighted by Crippen LogP contribution is -2.36. The quantitative estimate of drug-likeness (QED) is 0.630. The average Bonchev–Trinajstić information content (AvgIpc) is 2.59. The van der Waals surface area contributed by atoms with Crippen LogP contribution in [-0.4, -0.2) is 38.1 Å². The van der Waals surface area contributed by atoms with E-state index in [1.807, 2.05) is 12.1 Å². The Kier molecular flexibility index (Phi) is 7.73. The molecule has 2 amide bonds. The van der Waals surface area contributed by atoms with Gasteiger partial charge in [-0.05, 0) is 49.9 Å². The van der Waals surface area contributed by atoms with Crippen molar-refractivity contribution in [1.29, 1.82) is 0 Å². The summed E-state index contributed by atoms with van der Waals surface area (Å²) in [6.07, 6.45) is 2.96. The van der Waals surface area contributed by atoms with Crippen LogP contribution in [0.15, 0.2) is 24.3 Å². The van der Waals surface area contributed by atoms with Gasteiger partial charge in [-0.2, -0.15) is 0 Å². The average molecular weight is 347 g/mol. The molecule has 0 bridgehead atoms. The normalized spacial score (nSPS) is 18.2. The minimum Gasteiger partial charge on any atom is -0.492 e. The molecular weight excluding hydrogens is 318 g/mol. The molecule has 1 heterocycles. The number of benzene rings is 1. The zero-order valence-electron chi connectivity index (χ0n) is 15.1. The van der Waals surface area contributed by atoms with Gasteiger partial charge in [0.15, 0.2) is 0 Å². The summed E-state index contributed by atoms with van der Waals surface area (Å²) in [5, 5.41) is 9.03. The fraction of sp³-hybridized carbons (Fsp3) is 0.579. The van der Waals surface area contributed by atoms with Crippen molar-refractivity contribution < 1.29 is 14.3 Å². The van der Waals surface area contributed by atoms with Crippen molar-refractivity contribution in [3.05, 3.63) is 24.3 Å². The standard InChI is InChI=1S/C19H29N3O3/c1-14(16-5-4-8-20-13-16)11-19(24)21-9-10-25-18-7-3-6-17(12-18)22-15(2)23/h3,6-7,12,14,16,20H,4-5,8-11,13H2,1-2H3,(H,21,24)(H,22,23). The van der Waals surface area contributed by atoms with Crippen molar-refractivity contribution in [2.75, 3.05) is 31.6 Å². The molecule has 0 spiro atoms. The number of hydrogen-bond donors (Lipinski definition) is 3. The highest BCUT2D eigenvalue weighted by atomic mass is 16.5. The molecule has 1 fully saturated rings. The molecule has 6 nitrogen and oxygen atoms in total. The topological polar surface area (TPSA) is 79.5 Å². The molecule has 2 unspecified atom stereocenters. The first-order valence-corrected chi connectivity index (χ1v) is 9.02. The van der Waals surface area contributed by atoms with Gasteiger partial charge in [-0.15, -0.1) is 0 Å². The van der Waals surface area contributed by atoms with E-state index in [-0.39, 0.29) is 11.8 Å². The number of amides is 2. The summed E-state index contributed by atoms with van der Waals surface area (Å²) in [6, 6.07) is 7.21. The Labute approximate surface area is 149 Å². The number of anilines is 1. The zero-order chi connectivity index (χ0) is 18.1. The number of hydrogen-bond acceptors (Lipinski definition) is 4. The first-order chi connectivity index (χ1) is 12.0. The summed E-state index contributed by atoms with van der Waals surface area (Å²) < 4.78 is 5.62. The molecule has 0 radical (unpaired) electrons. The number of ether oxygens (including phenoxy) is 1. The maximum Gasteiger partial charge on any atom is 0.221 e. The van der Waals surface area contributed by atoms with Crippen LogP contribution in [0.3, 0.4) is 0 Å². The van der Waals surface area contributed by atoms with Crippen LogP contribution in [-0.2, 0) is 9.59 Å². The molecule has 0 saturated carbocycles. The molecule has 2 rings (SSSR count). The van der Waals surface area contributed by atoms with Gasteiger partial charge in [0.2, 0.25) is 11.8 Å². The molecule has 2 atom stereocenters. The maximum absolute atomic E-state index is 12.0. The maximum atomic E-state index is 12.0. The van der Waals surface area contributed by atoms with Crippen molar-refractivity contribution in [2.45, 2.75) is 33.1 Å². The molecule has 0 aromatic heterocycles. The monoisotopic (exact) mass is 347 g/mol. The third kappa shape index (κ3) is 7.13. The summed E-state index contributed by atoms with van der Waals surface area (Å²) in [5.74, 6) is 1.61. The van der Waals surface area contributed by atoms with Crippen molar-refractivity contribution in [2.24, 2.45) is 11.8 Å². The van der Waals surface area contributed by atoms with Gasteiger partial charge in [0, 0.05) is 25.1 Å². The van der Waals surface area contributed by atoms with Crippen molar-refractivity contribution in [3.8, 4) is 5.75 Å². The van der Waals surface area contributed by atoms with Gasteiger partial charge in [0.05, 0.1) is 6.54 Å². The minimum atomic E-state index is -0.119. The Hall–Kier alpha value is -2.08. The number of carbonyl (C=O) groups is 2. The van der Waals surface area contributed by atoms with E-state index in [9.17, 15) is 9.59 Å². The van der Waals surface area contributed by atoms with Crippen molar-refractivity contribution in [3.63, 3.8) is 0 Å². The van der Waals surface area contributed by atoms with Crippen LogP contribution in [0.1, 0.15) is 33.1 Å². The summed E-state index contributed by atoms with van der Waals surface area (Å²) >= 11 is 0.